The first-order chi connectivity index (χ1) is 9.64. The summed E-state index contributed by atoms with van der Waals surface area (Å²) in [6.45, 7) is 2.33. The van der Waals surface area contributed by atoms with Crippen molar-refractivity contribution in [3.05, 3.63) is 53.9 Å². The lowest BCUT2D eigenvalue weighted by Crippen LogP contribution is -2.47. The first kappa shape index (κ1) is 14.3. The van der Waals surface area contributed by atoms with Crippen LogP contribution in [0.2, 0.25) is 0 Å². The highest BCUT2D eigenvalue weighted by Gasteiger charge is 2.28. The molecule has 1 aromatic heterocycles. The Kier molecular flexibility index (Phi) is 4.53. The monoisotopic (exact) mass is 274 g/mol. The van der Waals surface area contributed by atoms with E-state index < -0.39 is 5.54 Å². The second-order valence-corrected chi connectivity index (χ2v) is 4.85. The molecule has 0 aliphatic rings. The number of rotatable bonds is 6. The van der Waals surface area contributed by atoms with E-state index in [1.54, 1.807) is 13.2 Å². The van der Waals surface area contributed by atoms with Crippen LogP contribution in [0.1, 0.15) is 18.2 Å². The maximum absolute atomic E-state index is 12.1. The molecule has 1 aromatic carbocycles. The topological polar surface area (TPSA) is 64.4 Å². The van der Waals surface area contributed by atoms with Gasteiger partial charge < -0.3 is 14.6 Å². The average Bonchev–Trinajstić information content (AvgIpc) is 2.92. The fraction of sp³-hybridized carbons (Fsp3) is 0.333. The molecule has 0 fully saturated rings. The number of hydrogen-bond donors (Lipinski definition) is 1. The lowest BCUT2D eigenvalue weighted by Gasteiger charge is -2.30. The third-order valence-corrected chi connectivity index (χ3v) is 3.09. The van der Waals surface area contributed by atoms with Crippen LogP contribution in [0.4, 0.5) is 0 Å². The summed E-state index contributed by atoms with van der Waals surface area (Å²) in [5.41, 5.74) is 1.03. The molecule has 5 nitrogen and oxygen atoms in total. The van der Waals surface area contributed by atoms with E-state index in [1.807, 2.05) is 37.3 Å². The predicted molar refractivity (Wildman–Crippen MR) is 74.0 cm³/mol. The molecule has 1 atom stereocenters. The normalized spacial score (nSPS) is 13.7. The van der Waals surface area contributed by atoms with Gasteiger partial charge in [0.2, 0.25) is 5.91 Å². The zero-order valence-electron chi connectivity index (χ0n) is 11.6. The number of carbonyl (C=O) groups excluding carboxylic acids is 1. The van der Waals surface area contributed by atoms with E-state index in [2.05, 4.69) is 10.5 Å². The smallest absolute Gasteiger partial charge is 0.226 e. The van der Waals surface area contributed by atoms with Gasteiger partial charge in [-0.1, -0.05) is 35.5 Å². The maximum Gasteiger partial charge on any atom is 0.226 e. The molecule has 0 spiro atoms. The van der Waals surface area contributed by atoms with Crippen molar-refractivity contribution < 1.29 is 14.1 Å². The second kappa shape index (κ2) is 6.34. The number of carbonyl (C=O) groups is 1. The van der Waals surface area contributed by atoms with Crippen molar-refractivity contribution in [3.8, 4) is 0 Å². The summed E-state index contributed by atoms with van der Waals surface area (Å²) in [6.07, 6.45) is 1.64. The summed E-state index contributed by atoms with van der Waals surface area (Å²) >= 11 is 0. The molecular formula is C15H18N2O3. The van der Waals surface area contributed by atoms with E-state index in [0.29, 0.717) is 12.3 Å². The van der Waals surface area contributed by atoms with Crippen LogP contribution >= 0.6 is 0 Å². The summed E-state index contributed by atoms with van der Waals surface area (Å²) in [6, 6.07) is 11.4. The van der Waals surface area contributed by atoms with Gasteiger partial charge in [0.1, 0.15) is 6.26 Å². The molecule has 1 heterocycles. The third-order valence-electron chi connectivity index (χ3n) is 3.09. The molecule has 0 saturated carbocycles. The quantitative estimate of drug-likeness (QED) is 0.873. The molecule has 0 unspecified atom stereocenters. The summed E-state index contributed by atoms with van der Waals surface area (Å²) in [4.78, 5) is 12.1. The molecule has 0 bridgehead atoms. The van der Waals surface area contributed by atoms with E-state index in [0.717, 1.165) is 5.56 Å². The number of nitrogens with one attached hydrogen (secondary N) is 1. The van der Waals surface area contributed by atoms with Crippen molar-refractivity contribution in [1.82, 2.24) is 10.5 Å². The predicted octanol–water partition coefficient (Wildman–Crippen LogP) is 1.90. The molecule has 0 saturated heterocycles. The van der Waals surface area contributed by atoms with E-state index in [-0.39, 0.29) is 12.3 Å². The average molecular weight is 274 g/mol. The summed E-state index contributed by atoms with van der Waals surface area (Å²) in [7, 11) is 1.62. The molecule has 2 rings (SSSR count). The zero-order valence-corrected chi connectivity index (χ0v) is 11.6. The highest BCUT2D eigenvalue weighted by Crippen LogP contribution is 2.21. The first-order valence-electron chi connectivity index (χ1n) is 6.39. The minimum atomic E-state index is -0.573. The van der Waals surface area contributed by atoms with Gasteiger partial charge in [0, 0.05) is 13.2 Å². The number of aromatic nitrogens is 1. The Morgan fingerprint density at radius 3 is 2.70 bits per heavy atom. The number of amides is 1. The van der Waals surface area contributed by atoms with E-state index >= 15 is 0 Å². The molecule has 0 radical (unpaired) electrons. The lowest BCUT2D eigenvalue weighted by atomic mass is 9.92. The minimum absolute atomic E-state index is 0.123. The van der Waals surface area contributed by atoms with E-state index in [1.165, 1.54) is 6.26 Å². The van der Waals surface area contributed by atoms with Crippen LogP contribution in [0.25, 0.3) is 0 Å². The summed E-state index contributed by atoms with van der Waals surface area (Å²) in [5, 5.41) is 6.74. The van der Waals surface area contributed by atoms with Crippen LogP contribution in [-0.2, 0) is 21.5 Å². The van der Waals surface area contributed by atoms with Gasteiger partial charge in [-0.05, 0) is 12.5 Å². The van der Waals surface area contributed by atoms with Crippen LogP contribution < -0.4 is 5.32 Å². The fourth-order valence-corrected chi connectivity index (χ4v) is 2.13. The van der Waals surface area contributed by atoms with Gasteiger partial charge in [-0.15, -0.1) is 0 Å². The van der Waals surface area contributed by atoms with E-state index in [9.17, 15) is 4.79 Å². The van der Waals surface area contributed by atoms with Gasteiger partial charge in [-0.25, -0.2) is 0 Å². The highest BCUT2D eigenvalue weighted by atomic mass is 16.5. The zero-order chi connectivity index (χ0) is 14.4. The van der Waals surface area contributed by atoms with Crippen LogP contribution in [0.15, 0.2) is 47.2 Å². The van der Waals surface area contributed by atoms with Crippen LogP contribution in [-0.4, -0.2) is 24.8 Å². The summed E-state index contributed by atoms with van der Waals surface area (Å²) < 4.78 is 9.97. The molecule has 0 aliphatic carbocycles. The Morgan fingerprint density at radius 1 is 1.35 bits per heavy atom. The SMILES string of the molecule is COC[C@@](C)(NC(=O)Cc1ccon1)c1ccccc1. The Morgan fingerprint density at radius 2 is 2.10 bits per heavy atom. The van der Waals surface area contributed by atoms with Crippen molar-refractivity contribution in [2.75, 3.05) is 13.7 Å². The van der Waals surface area contributed by atoms with Gasteiger partial charge in [-0.3, -0.25) is 4.79 Å². The largest absolute Gasteiger partial charge is 0.382 e. The first-order valence-corrected chi connectivity index (χ1v) is 6.39. The van der Waals surface area contributed by atoms with Gasteiger partial charge in [-0.2, -0.15) is 0 Å². The van der Waals surface area contributed by atoms with Crippen molar-refractivity contribution in [2.24, 2.45) is 0 Å². The van der Waals surface area contributed by atoms with Crippen LogP contribution in [0.3, 0.4) is 0 Å². The van der Waals surface area contributed by atoms with Gasteiger partial charge in [0.15, 0.2) is 0 Å². The summed E-state index contributed by atoms with van der Waals surface area (Å²) in [5.74, 6) is -0.123. The van der Waals surface area contributed by atoms with Crippen LogP contribution in [0.5, 0.6) is 0 Å². The minimum Gasteiger partial charge on any atom is -0.382 e. The lowest BCUT2D eigenvalue weighted by molar-refractivity contribution is -0.123. The van der Waals surface area contributed by atoms with Crippen molar-refractivity contribution in [3.63, 3.8) is 0 Å². The highest BCUT2D eigenvalue weighted by molar-refractivity contribution is 5.79. The Bertz CT molecular complexity index is 540. The van der Waals surface area contributed by atoms with Crippen LogP contribution in [0, 0.1) is 0 Å². The van der Waals surface area contributed by atoms with Gasteiger partial charge in [0.25, 0.3) is 0 Å². The number of nitrogens with zero attached hydrogens (tertiary/aromatic N) is 1. The molecule has 106 valence electrons. The van der Waals surface area contributed by atoms with Gasteiger partial charge in [0.05, 0.1) is 24.3 Å². The molecule has 2 aromatic rings. The van der Waals surface area contributed by atoms with Crippen molar-refractivity contribution in [2.45, 2.75) is 18.9 Å². The van der Waals surface area contributed by atoms with Gasteiger partial charge >= 0.3 is 0 Å². The molecule has 0 aliphatic heterocycles. The second-order valence-electron chi connectivity index (χ2n) is 4.85. The molecule has 1 amide bonds. The van der Waals surface area contributed by atoms with E-state index in [4.69, 9.17) is 9.26 Å². The molecular weight excluding hydrogens is 256 g/mol. The van der Waals surface area contributed by atoms with Crippen molar-refractivity contribution in [1.29, 1.82) is 0 Å². The third kappa shape index (κ3) is 3.45. The number of methoxy groups -OCH3 is 1. The van der Waals surface area contributed by atoms with Crippen molar-refractivity contribution >= 4 is 5.91 Å². The standard InChI is InChI=1S/C15H18N2O3/c1-15(11-19-2,12-6-4-3-5-7-12)16-14(18)10-13-8-9-20-17-13/h3-9H,10-11H2,1-2H3,(H,16,18)/t15-/m1/s1. The maximum atomic E-state index is 12.1. The number of ether oxygens (including phenoxy) is 1. The molecule has 5 heteroatoms. The molecule has 20 heavy (non-hydrogen) atoms. The number of hydrogen-bond acceptors (Lipinski definition) is 4. The Balaban J connectivity index is 2.11. The Labute approximate surface area is 117 Å². The number of benzene rings is 1. The molecule has 1 N–H and O–H groups in total. The fourth-order valence-electron chi connectivity index (χ4n) is 2.13. The Hall–Kier alpha value is -2.14.